The molecule has 2 unspecified atom stereocenters. The molecule has 0 saturated carbocycles. The van der Waals surface area contributed by atoms with Crippen molar-refractivity contribution in [2.75, 3.05) is 30.0 Å². The van der Waals surface area contributed by atoms with Gasteiger partial charge in [0.1, 0.15) is 0 Å². The quantitative estimate of drug-likeness (QED) is 0.901. The Bertz CT molecular complexity index is 440. The summed E-state index contributed by atoms with van der Waals surface area (Å²) in [6.07, 6.45) is 6.24. The summed E-state index contributed by atoms with van der Waals surface area (Å²) in [5.74, 6) is 2.57. The molecular formula is C15H25N3S2. The summed E-state index contributed by atoms with van der Waals surface area (Å²) in [6, 6.07) is 1.24. The average Bonchev–Trinajstić information content (AvgIpc) is 3.12. The molecule has 1 N–H and O–H groups in total. The molecule has 2 heterocycles. The number of fused-ring (bicyclic) bond motifs is 1. The molecule has 3 rings (SSSR count). The molecule has 1 aromatic heterocycles. The molecule has 1 saturated heterocycles. The molecule has 0 spiro atoms. The fourth-order valence-electron chi connectivity index (χ4n) is 3.05. The van der Waals surface area contributed by atoms with Crippen molar-refractivity contribution in [3.05, 3.63) is 10.6 Å². The van der Waals surface area contributed by atoms with Crippen molar-refractivity contribution in [3.8, 4) is 0 Å². The topological polar surface area (TPSA) is 28.2 Å². The van der Waals surface area contributed by atoms with Crippen LogP contribution in [0.5, 0.6) is 0 Å². The molecule has 112 valence electrons. The fraction of sp³-hybridized carbons (Fsp3) is 0.800. The van der Waals surface area contributed by atoms with Gasteiger partial charge in [-0.25, -0.2) is 4.98 Å². The van der Waals surface area contributed by atoms with E-state index in [2.05, 4.69) is 35.9 Å². The lowest BCUT2D eigenvalue weighted by Crippen LogP contribution is -2.31. The van der Waals surface area contributed by atoms with Gasteiger partial charge < -0.3 is 10.2 Å². The maximum atomic E-state index is 4.95. The van der Waals surface area contributed by atoms with Crippen molar-refractivity contribution in [3.63, 3.8) is 0 Å². The minimum Gasteiger partial charge on any atom is -0.347 e. The predicted octanol–water partition coefficient (Wildman–Crippen LogP) is 3.46. The van der Waals surface area contributed by atoms with Crippen molar-refractivity contribution in [2.45, 2.75) is 51.1 Å². The Kier molecular flexibility index (Phi) is 4.89. The van der Waals surface area contributed by atoms with E-state index >= 15 is 0 Å². The lowest BCUT2D eigenvalue weighted by atomic mass is 9.98. The number of anilines is 1. The number of nitrogens with one attached hydrogen (secondary N) is 1. The zero-order valence-electron chi connectivity index (χ0n) is 12.5. The van der Waals surface area contributed by atoms with Crippen LogP contribution in [0.2, 0.25) is 0 Å². The molecule has 5 heteroatoms. The summed E-state index contributed by atoms with van der Waals surface area (Å²) in [4.78, 5) is 8.89. The summed E-state index contributed by atoms with van der Waals surface area (Å²) in [6.45, 7) is 3.35. The van der Waals surface area contributed by atoms with Gasteiger partial charge in [0.2, 0.25) is 0 Å². The smallest absolute Gasteiger partial charge is 0.185 e. The first-order chi connectivity index (χ1) is 9.79. The van der Waals surface area contributed by atoms with Gasteiger partial charge in [0, 0.05) is 29.8 Å². The average molecular weight is 312 g/mol. The van der Waals surface area contributed by atoms with Crippen LogP contribution in [0.4, 0.5) is 5.13 Å². The second kappa shape index (κ2) is 6.67. The van der Waals surface area contributed by atoms with Crippen LogP contribution in [-0.4, -0.2) is 36.1 Å². The Balaban J connectivity index is 1.76. The highest BCUT2D eigenvalue weighted by molar-refractivity contribution is 7.99. The van der Waals surface area contributed by atoms with Crippen LogP contribution in [-0.2, 0) is 6.42 Å². The van der Waals surface area contributed by atoms with Crippen molar-refractivity contribution >= 4 is 28.2 Å². The van der Waals surface area contributed by atoms with E-state index in [1.54, 1.807) is 0 Å². The van der Waals surface area contributed by atoms with Crippen molar-refractivity contribution < 1.29 is 0 Å². The number of rotatable bonds is 5. The molecule has 2 aliphatic rings. The molecular weight excluding hydrogens is 286 g/mol. The van der Waals surface area contributed by atoms with E-state index in [0.717, 1.165) is 6.54 Å². The van der Waals surface area contributed by atoms with Gasteiger partial charge in [-0.2, -0.15) is 11.8 Å². The van der Waals surface area contributed by atoms with Gasteiger partial charge in [0.25, 0.3) is 0 Å². The first-order valence-corrected chi connectivity index (χ1v) is 9.80. The number of thiazole rings is 1. The summed E-state index contributed by atoms with van der Waals surface area (Å²) < 4.78 is 0. The lowest BCUT2D eigenvalue weighted by Gasteiger charge is -2.23. The molecule has 1 fully saturated rings. The Morgan fingerprint density at radius 3 is 3.05 bits per heavy atom. The van der Waals surface area contributed by atoms with Gasteiger partial charge >= 0.3 is 0 Å². The van der Waals surface area contributed by atoms with Crippen LogP contribution in [0.1, 0.15) is 49.2 Å². The van der Waals surface area contributed by atoms with E-state index in [-0.39, 0.29) is 0 Å². The van der Waals surface area contributed by atoms with Crippen molar-refractivity contribution in [1.82, 2.24) is 10.3 Å². The van der Waals surface area contributed by atoms with Crippen LogP contribution >= 0.6 is 23.1 Å². The molecule has 0 aromatic carbocycles. The molecule has 1 aromatic rings. The van der Waals surface area contributed by atoms with Crippen LogP contribution in [0, 0.1) is 0 Å². The van der Waals surface area contributed by atoms with E-state index in [0.29, 0.717) is 12.1 Å². The Hall–Kier alpha value is -0.260. The van der Waals surface area contributed by atoms with Gasteiger partial charge in [-0.05, 0) is 44.4 Å². The van der Waals surface area contributed by atoms with Crippen LogP contribution < -0.4 is 10.2 Å². The van der Waals surface area contributed by atoms with Gasteiger partial charge in [0.15, 0.2) is 5.13 Å². The van der Waals surface area contributed by atoms with Gasteiger partial charge in [-0.3, -0.25) is 0 Å². The maximum absolute atomic E-state index is 4.95. The normalized spacial score (nSPS) is 25.7. The molecule has 0 radical (unpaired) electrons. The minimum atomic E-state index is 0.552. The van der Waals surface area contributed by atoms with Crippen LogP contribution in [0.3, 0.4) is 0 Å². The number of aromatic nitrogens is 1. The van der Waals surface area contributed by atoms with E-state index in [1.807, 2.05) is 11.3 Å². The monoisotopic (exact) mass is 311 g/mol. The second-order valence-corrected chi connectivity index (χ2v) is 7.99. The van der Waals surface area contributed by atoms with Gasteiger partial charge in [-0.1, -0.05) is 18.3 Å². The number of nitrogens with zero attached hydrogens (tertiary/aromatic N) is 2. The molecule has 1 aliphatic carbocycles. The Morgan fingerprint density at radius 2 is 2.30 bits per heavy atom. The van der Waals surface area contributed by atoms with E-state index in [4.69, 9.17) is 4.98 Å². The molecule has 1 aliphatic heterocycles. The van der Waals surface area contributed by atoms with Gasteiger partial charge in [0.05, 0.1) is 5.69 Å². The molecule has 20 heavy (non-hydrogen) atoms. The zero-order valence-corrected chi connectivity index (χ0v) is 14.2. The largest absolute Gasteiger partial charge is 0.347 e. The Morgan fingerprint density at radius 1 is 1.40 bits per heavy atom. The van der Waals surface area contributed by atoms with E-state index in [1.165, 1.54) is 59.3 Å². The van der Waals surface area contributed by atoms with Crippen molar-refractivity contribution in [1.29, 1.82) is 0 Å². The third-order valence-corrected chi connectivity index (χ3v) is 6.78. The molecule has 3 nitrogen and oxygen atoms in total. The Labute approximate surface area is 130 Å². The third-order valence-electron chi connectivity index (χ3n) is 4.33. The number of thioether (sulfide) groups is 1. The third kappa shape index (κ3) is 3.00. The van der Waals surface area contributed by atoms with Crippen LogP contribution in [0.15, 0.2) is 0 Å². The lowest BCUT2D eigenvalue weighted by molar-refractivity contribution is 0.464. The number of hydrogen-bond acceptors (Lipinski definition) is 5. The summed E-state index contributed by atoms with van der Waals surface area (Å²) >= 11 is 4.01. The second-order valence-electron chi connectivity index (χ2n) is 5.83. The van der Waals surface area contributed by atoms with Crippen molar-refractivity contribution in [2.24, 2.45) is 0 Å². The highest BCUT2D eigenvalue weighted by Crippen LogP contribution is 2.38. The molecule has 2 atom stereocenters. The zero-order chi connectivity index (χ0) is 13.9. The fourth-order valence-corrected chi connectivity index (χ4v) is 5.58. The maximum Gasteiger partial charge on any atom is 0.185 e. The summed E-state index contributed by atoms with van der Waals surface area (Å²) in [5.41, 5.74) is 1.36. The van der Waals surface area contributed by atoms with E-state index < -0.39 is 0 Å². The van der Waals surface area contributed by atoms with Gasteiger partial charge in [-0.15, -0.1) is 0 Å². The summed E-state index contributed by atoms with van der Waals surface area (Å²) in [5, 5.41) is 4.94. The summed E-state index contributed by atoms with van der Waals surface area (Å²) in [7, 11) is 2.23. The first kappa shape index (κ1) is 14.7. The highest BCUT2D eigenvalue weighted by atomic mass is 32.2. The first-order valence-electron chi connectivity index (χ1n) is 7.83. The number of aryl methyl sites for hydroxylation is 1. The predicted molar refractivity (Wildman–Crippen MR) is 90.2 cm³/mol. The highest BCUT2D eigenvalue weighted by Gasteiger charge is 2.28. The SMILES string of the molecule is CCCNC1CCCc2nc(N(C)C3CCSC3)sc21. The molecule has 0 amide bonds. The number of hydrogen-bond donors (Lipinski definition) is 1. The molecule has 0 bridgehead atoms. The minimum absolute atomic E-state index is 0.552. The van der Waals surface area contributed by atoms with Crippen LogP contribution in [0.25, 0.3) is 0 Å². The standard InChI is InChI=1S/C15H25N3S2/c1-3-8-16-12-5-4-6-13-14(12)20-15(17-13)18(2)11-7-9-19-10-11/h11-12,16H,3-10H2,1-2H3. The van der Waals surface area contributed by atoms with E-state index in [9.17, 15) is 0 Å².